The van der Waals surface area contributed by atoms with E-state index in [1.54, 1.807) is 0 Å². The Morgan fingerprint density at radius 2 is 2.17 bits per heavy atom. The molecule has 1 saturated heterocycles. The van der Waals surface area contributed by atoms with E-state index >= 15 is 0 Å². The first kappa shape index (κ1) is 13.2. The Morgan fingerprint density at radius 3 is 2.89 bits per heavy atom. The molecule has 1 aliphatic heterocycles. The zero-order chi connectivity index (χ0) is 12.8. The quantitative estimate of drug-likeness (QED) is 0.863. The number of hydrogen-bond donors (Lipinski definition) is 1. The van der Waals surface area contributed by atoms with Gasteiger partial charge < -0.3 is 10.1 Å². The molecule has 2 rings (SSSR count). The first-order valence-electron chi connectivity index (χ1n) is 6.63. The first-order chi connectivity index (χ1) is 8.74. The summed E-state index contributed by atoms with van der Waals surface area (Å²) < 4.78 is 5.66. The van der Waals surface area contributed by atoms with E-state index in [2.05, 4.69) is 11.4 Å². The van der Waals surface area contributed by atoms with Crippen molar-refractivity contribution < 1.29 is 9.53 Å². The van der Waals surface area contributed by atoms with Gasteiger partial charge in [-0.25, -0.2) is 0 Å². The first-order valence-corrected chi connectivity index (χ1v) is 6.63. The van der Waals surface area contributed by atoms with Gasteiger partial charge in [0, 0.05) is 6.42 Å². The minimum Gasteiger partial charge on any atom is -0.370 e. The highest BCUT2D eigenvalue weighted by Gasteiger charge is 2.14. The van der Waals surface area contributed by atoms with Crippen LogP contribution in [0.2, 0.25) is 0 Å². The van der Waals surface area contributed by atoms with Gasteiger partial charge >= 0.3 is 0 Å². The van der Waals surface area contributed by atoms with E-state index in [0.717, 1.165) is 31.5 Å². The molecule has 0 bridgehead atoms. The zero-order valence-corrected chi connectivity index (χ0v) is 10.9. The highest BCUT2D eigenvalue weighted by atomic mass is 16.5. The Labute approximate surface area is 109 Å². The van der Waals surface area contributed by atoms with Gasteiger partial charge in [-0.1, -0.05) is 29.8 Å². The van der Waals surface area contributed by atoms with Gasteiger partial charge in [0.2, 0.25) is 0 Å². The van der Waals surface area contributed by atoms with Crippen molar-refractivity contribution in [3.8, 4) is 0 Å². The number of nitrogens with one attached hydrogen (secondary N) is 1. The average Bonchev–Trinajstić information content (AvgIpc) is 2.38. The van der Waals surface area contributed by atoms with Crippen LogP contribution >= 0.6 is 0 Å². The molecular weight excluding hydrogens is 226 g/mol. The maximum absolute atomic E-state index is 11.8. The minimum absolute atomic E-state index is 0.166. The lowest BCUT2D eigenvalue weighted by Gasteiger charge is -2.22. The number of benzene rings is 1. The molecule has 0 aromatic heterocycles. The molecule has 0 radical (unpaired) electrons. The Balaban J connectivity index is 1.74. The van der Waals surface area contributed by atoms with Crippen molar-refractivity contribution in [3.05, 3.63) is 35.4 Å². The highest BCUT2D eigenvalue weighted by molar-refractivity contribution is 5.82. The third-order valence-corrected chi connectivity index (χ3v) is 3.25. The highest BCUT2D eigenvalue weighted by Crippen LogP contribution is 2.09. The molecule has 0 amide bonds. The van der Waals surface area contributed by atoms with Crippen LogP contribution in [0, 0.1) is 6.92 Å². The number of carbonyl (C=O) groups excluding carboxylic acids is 1. The van der Waals surface area contributed by atoms with Crippen LogP contribution in [0.5, 0.6) is 0 Å². The van der Waals surface area contributed by atoms with E-state index in [9.17, 15) is 4.79 Å². The van der Waals surface area contributed by atoms with Crippen molar-refractivity contribution >= 4 is 5.78 Å². The van der Waals surface area contributed by atoms with E-state index in [0.29, 0.717) is 6.42 Å². The molecule has 0 saturated carbocycles. The lowest BCUT2D eigenvalue weighted by molar-refractivity contribution is -0.125. The fourth-order valence-electron chi connectivity index (χ4n) is 2.27. The number of rotatable bonds is 5. The van der Waals surface area contributed by atoms with E-state index in [-0.39, 0.29) is 18.5 Å². The number of piperidine rings is 1. The molecule has 3 heteroatoms. The fraction of sp³-hybridized carbons (Fsp3) is 0.533. The molecule has 18 heavy (non-hydrogen) atoms. The second-order valence-corrected chi connectivity index (χ2v) is 4.96. The van der Waals surface area contributed by atoms with Crippen molar-refractivity contribution in [2.45, 2.75) is 32.3 Å². The number of Topliss-reactive ketones (excluding diaryl/α,β-unsaturated/α-hetero) is 1. The molecule has 1 heterocycles. The monoisotopic (exact) mass is 247 g/mol. The lowest BCUT2D eigenvalue weighted by Crippen LogP contribution is -2.33. The van der Waals surface area contributed by atoms with Gasteiger partial charge in [-0.05, 0) is 38.4 Å². The number of aryl methyl sites for hydroxylation is 1. The van der Waals surface area contributed by atoms with E-state index in [1.165, 1.54) is 5.56 Å². The van der Waals surface area contributed by atoms with Gasteiger partial charge in [-0.2, -0.15) is 0 Å². The Morgan fingerprint density at radius 1 is 1.39 bits per heavy atom. The minimum atomic E-state index is 0.166. The maximum Gasteiger partial charge on any atom is 0.162 e. The number of hydrogen-bond acceptors (Lipinski definition) is 3. The molecule has 1 fully saturated rings. The predicted molar refractivity (Wildman–Crippen MR) is 71.7 cm³/mol. The van der Waals surface area contributed by atoms with Crippen molar-refractivity contribution in [1.29, 1.82) is 0 Å². The largest absolute Gasteiger partial charge is 0.370 e. The van der Waals surface area contributed by atoms with Gasteiger partial charge in [0.1, 0.15) is 6.61 Å². The van der Waals surface area contributed by atoms with E-state index in [4.69, 9.17) is 4.74 Å². The van der Waals surface area contributed by atoms with Crippen LogP contribution in [0.15, 0.2) is 24.3 Å². The zero-order valence-electron chi connectivity index (χ0n) is 10.9. The number of carbonyl (C=O) groups is 1. The van der Waals surface area contributed by atoms with Crippen LogP contribution in [0.1, 0.15) is 24.0 Å². The summed E-state index contributed by atoms with van der Waals surface area (Å²) in [5.41, 5.74) is 2.27. The summed E-state index contributed by atoms with van der Waals surface area (Å²) in [5.74, 6) is 0.166. The molecule has 1 N–H and O–H groups in total. The second kappa shape index (κ2) is 6.66. The summed E-state index contributed by atoms with van der Waals surface area (Å²) in [6, 6.07) is 8.09. The predicted octanol–water partition coefficient (Wildman–Crippen LogP) is 1.88. The van der Waals surface area contributed by atoms with Gasteiger partial charge in [0.25, 0.3) is 0 Å². The average molecular weight is 247 g/mol. The summed E-state index contributed by atoms with van der Waals surface area (Å²) >= 11 is 0. The molecular formula is C15H21NO2. The molecule has 0 atom stereocenters. The van der Waals surface area contributed by atoms with E-state index in [1.807, 2.05) is 25.1 Å². The molecule has 3 nitrogen and oxygen atoms in total. The summed E-state index contributed by atoms with van der Waals surface area (Å²) in [6.07, 6.45) is 2.76. The van der Waals surface area contributed by atoms with Gasteiger partial charge in [0.15, 0.2) is 5.78 Å². The van der Waals surface area contributed by atoms with Crippen LogP contribution in [0.25, 0.3) is 0 Å². The second-order valence-electron chi connectivity index (χ2n) is 4.96. The molecule has 1 aromatic rings. The van der Waals surface area contributed by atoms with Crippen molar-refractivity contribution in [1.82, 2.24) is 5.32 Å². The number of ketones is 1. The third kappa shape index (κ3) is 4.24. The molecule has 0 unspecified atom stereocenters. The summed E-state index contributed by atoms with van der Waals surface area (Å²) in [7, 11) is 0. The fourth-order valence-corrected chi connectivity index (χ4v) is 2.27. The standard InChI is InChI=1S/C15H21NO2/c1-12-3-2-4-13(9-12)10-14(17)11-18-15-5-7-16-8-6-15/h2-4,9,15-16H,5-8,10-11H2,1H3. The van der Waals surface area contributed by atoms with Crippen molar-refractivity contribution in [2.24, 2.45) is 0 Å². The van der Waals surface area contributed by atoms with Crippen LogP contribution in [-0.2, 0) is 16.0 Å². The lowest BCUT2D eigenvalue weighted by atomic mass is 10.1. The van der Waals surface area contributed by atoms with Gasteiger partial charge in [-0.15, -0.1) is 0 Å². The van der Waals surface area contributed by atoms with Crippen molar-refractivity contribution in [3.63, 3.8) is 0 Å². The molecule has 1 aromatic carbocycles. The van der Waals surface area contributed by atoms with Crippen LogP contribution in [0.3, 0.4) is 0 Å². The van der Waals surface area contributed by atoms with E-state index < -0.39 is 0 Å². The maximum atomic E-state index is 11.8. The topological polar surface area (TPSA) is 38.3 Å². The molecule has 98 valence electrons. The Kier molecular flexibility index (Phi) is 4.90. The summed E-state index contributed by atoms with van der Waals surface area (Å²) in [5, 5.41) is 3.28. The number of ether oxygens (including phenoxy) is 1. The molecule has 0 spiro atoms. The third-order valence-electron chi connectivity index (χ3n) is 3.25. The SMILES string of the molecule is Cc1cccc(CC(=O)COC2CCNCC2)c1. The summed E-state index contributed by atoms with van der Waals surface area (Å²) in [4.78, 5) is 11.8. The smallest absolute Gasteiger partial charge is 0.162 e. The normalized spacial score (nSPS) is 16.7. The van der Waals surface area contributed by atoms with Gasteiger partial charge in [0.05, 0.1) is 6.10 Å². The van der Waals surface area contributed by atoms with Crippen LogP contribution < -0.4 is 5.32 Å². The van der Waals surface area contributed by atoms with Crippen LogP contribution in [-0.4, -0.2) is 31.6 Å². The Bertz CT molecular complexity index is 397. The molecule has 1 aliphatic rings. The molecule has 0 aliphatic carbocycles. The van der Waals surface area contributed by atoms with Crippen LogP contribution in [0.4, 0.5) is 0 Å². The Hall–Kier alpha value is -1.19. The summed E-state index contributed by atoms with van der Waals surface area (Å²) in [6.45, 7) is 4.28. The van der Waals surface area contributed by atoms with Gasteiger partial charge in [-0.3, -0.25) is 4.79 Å². The van der Waals surface area contributed by atoms with Crippen molar-refractivity contribution in [2.75, 3.05) is 19.7 Å².